The Morgan fingerprint density at radius 3 is 2.50 bits per heavy atom. The van der Waals surface area contributed by atoms with Crippen LogP contribution >= 0.6 is 0 Å². The van der Waals surface area contributed by atoms with Crippen LogP contribution < -0.4 is 10.6 Å². The van der Waals surface area contributed by atoms with Crippen molar-refractivity contribution >= 4 is 11.8 Å². The number of aryl methyl sites for hydroxylation is 1. The standard InChI is InChI=1S/C22H24N4O2/c1-15(2)24-20(27)13-23-22(28)19-14-26(18-10-5-4-6-11-18)25-21(19)17-9-7-8-16(3)12-17/h4-12,14-15H,13H2,1-3H3,(H,23,28)(H,24,27). The van der Waals surface area contributed by atoms with E-state index in [0.717, 1.165) is 16.8 Å². The summed E-state index contributed by atoms with van der Waals surface area (Å²) < 4.78 is 1.68. The van der Waals surface area contributed by atoms with E-state index >= 15 is 0 Å². The third-order valence-electron chi connectivity index (χ3n) is 4.13. The van der Waals surface area contributed by atoms with Crippen molar-refractivity contribution in [2.24, 2.45) is 0 Å². The van der Waals surface area contributed by atoms with Gasteiger partial charge in [-0.25, -0.2) is 4.68 Å². The molecule has 0 saturated heterocycles. The molecule has 144 valence electrons. The molecule has 0 aliphatic rings. The van der Waals surface area contributed by atoms with Gasteiger partial charge in [0.15, 0.2) is 0 Å². The van der Waals surface area contributed by atoms with Crippen molar-refractivity contribution in [3.8, 4) is 16.9 Å². The van der Waals surface area contributed by atoms with E-state index in [-0.39, 0.29) is 24.4 Å². The summed E-state index contributed by atoms with van der Waals surface area (Å²) in [6, 6.07) is 17.5. The molecule has 28 heavy (non-hydrogen) atoms. The molecule has 0 spiro atoms. The molecule has 6 heteroatoms. The second-order valence-electron chi connectivity index (χ2n) is 6.95. The van der Waals surface area contributed by atoms with Crippen LogP contribution in [-0.2, 0) is 4.79 Å². The van der Waals surface area contributed by atoms with Gasteiger partial charge in [0.1, 0.15) is 5.69 Å². The number of benzene rings is 2. The molecule has 0 unspecified atom stereocenters. The molecule has 3 rings (SSSR count). The number of carbonyl (C=O) groups is 2. The number of hydrogen-bond donors (Lipinski definition) is 2. The van der Waals surface area contributed by atoms with Crippen molar-refractivity contribution in [1.82, 2.24) is 20.4 Å². The van der Waals surface area contributed by atoms with Crippen molar-refractivity contribution in [2.75, 3.05) is 6.54 Å². The number of aromatic nitrogens is 2. The Kier molecular flexibility index (Phi) is 5.89. The van der Waals surface area contributed by atoms with Gasteiger partial charge in [-0.1, -0.05) is 42.0 Å². The van der Waals surface area contributed by atoms with Crippen LogP contribution in [0.2, 0.25) is 0 Å². The highest BCUT2D eigenvalue weighted by Crippen LogP contribution is 2.24. The summed E-state index contributed by atoms with van der Waals surface area (Å²) in [7, 11) is 0. The van der Waals surface area contributed by atoms with Gasteiger partial charge in [0, 0.05) is 17.8 Å². The van der Waals surface area contributed by atoms with Crippen LogP contribution in [0.3, 0.4) is 0 Å². The molecule has 0 aliphatic heterocycles. The molecule has 0 atom stereocenters. The summed E-state index contributed by atoms with van der Waals surface area (Å²) in [5.41, 5.74) is 3.79. The number of rotatable bonds is 6. The molecule has 3 aromatic rings. The molecular formula is C22H24N4O2. The summed E-state index contributed by atoms with van der Waals surface area (Å²) in [4.78, 5) is 24.7. The fourth-order valence-electron chi connectivity index (χ4n) is 2.89. The van der Waals surface area contributed by atoms with E-state index < -0.39 is 0 Å². The van der Waals surface area contributed by atoms with Gasteiger partial charge in [0.25, 0.3) is 5.91 Å². The number of hydrogen-bond acceptors (Lipinski definition) is 3. The molecule has 6 nitrogen and oxygen atoms in total. The van der Waals surface area contributed by atoms with Crippen molar-refractivity contribution in [1.29, 1.82) is 0 Å². The summed E-state index contributed by atoms with van der Waals surface area (Å²) in [5.74, 6) is -0.562. The van der Waals surface area contributed by atoms with Gasteiger partial charge in [-0.3, -0.25) is 9.59 Å². The first-order valence-electron chi connectivity index (χ1n) is 9.23. The molecule has 0 aliphatic carbocycles. The highest BCUT2D eigenvalue weighted by molar-refractivity contribution is 6.01. The lowest BCUT2D eigenvalue weighted by Crippen LogP contribution is -2.39. The Bertz CT molecular complexity index is 977. The lowest BCUT2D eigenvalue weighted by atomic mass is 10.1. The quantitative estimate of drug-likeness (QED) is 0.694. The Morgan fingerprint density at radius 2 is 1.82 bits per heavy atom. The van der Waals surface area contributed by atoms with Gasteiger partial charge in [0.05, 0.1) is 17.8 Å². The van der Waals surface area contributed by atoms with Crippen LogP contribution in [0.5, 0.6) is 0 Å². The topological polar surface area (TPSA) is 76.0 Å². The van der Waals surface area contributed by atoms with E-state index in [1.54, 1.807) is 10.9 Å². The van der Waals surface area contributed by atoms with Crippen LogP contribution in [-0.4, -0.2) is 34.2 Å². The molecule has 0 saturated carbocycles. The number of carbonyl (C=O) groups excluding carboxylic acids is 2. The predicted molar refractivity (Wildman–Crippen MR) is 109 cm³/mol. The van der Waals surface area contributed by atoms with Crippen molar-refractivity contribution < 1.29 is 9.59 Å². The fourth-order valence-corrected chi connectivity index (χ4v) is 2.89. The first-order chi connectivity index (χ1) is 13.4. The van der Waals surface area contributed by atoms with Crippen LogP contribution in [0.15, 0.2) is 60.8 Å². The maximum absolute atomic E-state index is 12.8. The molecule has 0 fully saturated rings. The molecule has 2 aromatic carbocycles. The number of nitrogens with one attached hydrogen (secondary N) is 2. The predicted octanol–water partition coefficient (Wildman–Crippen LogP) is 3.10. The molecule has 1 heterocycles. The largest absolute Gasteiger partial charge is 0.352 e. The average Bonchev–Trinajstić information content (AvgIpc) is 3.12. The highest BCUT2D eigenvalue weighted by atomic mass is 16.2. The second-order valence-corrected chi connectivity index (χ2v) is 6.95. The third kappa shape index (κ3) is 4.65. The van der Waals surface area contributed by atoms with Crippen LogP contribution in [0.1, 0.15) is 29.8 Å². The maximum atomic E-state index is 12.8. The van der Waals surface area contributed by atoms with E-state index in [1.165, 1.54) is 0 Å². The number of amides is 2. The Hall–Kier alpha value is -3.41. The molecule has 1 aromatic heterocycles. The van der Waals surface area contributed by atoms with Gasteiger partial charge < -0.3 is 10.6 Å². The first-order valence-corrected chi connectivity index (χ1v) is 9.23. The van der Waals surface area contributed by atoms with E-state index in [2.05, 4.69) is 15.7 Å². The monoisotopic (exact) mass is 376 g/mol. The molecular weight excluding hydrogens is 352 g/mol. The highest BCUT2D eigenvalue weighted by Gasteiger charge is 2.19. The SMILES string of the molecule is Cc1cccc(-c2nn(-c3ccccc3)cc2C(=O)NCC(=O)NC(C)C)c1. The van der Waals surface area contributed by atoms with Gasteiger partial charge in [-0.05, 0) is 39.0 Å². The maximum Gasteiger partial charge on any atom is 0.255 e. The Morgan fingerprint density at radius 1 is 1.07 bits per heavy atom. The summed E-state index contributed by atoms with van der Waals surface area (Å²) in [6.45, 7) is 5.66. The zero-order valence-electron chi connectivity index (χ0n) is 16.3. The lowest BCUT2D eigenvalue weighted by molar-refractivity contribution is -0.120. The second kappa shape index (κ2) is 8.52. The van der Waals surface area contributed by atoms with Crippen molar-refractivity contribution in [3.05, 3.63) is 71.9 Å². The minimum atomic E-state index is -0.336. The molecule has 2 N–H and O–H groups in total. The molecule has 0 radical (unpaired) electrons. The van der Waals surface area contributed by atoms with Crippen molar-refractivity contribution in [2.45, 2.75) is 26.8 Å². The van der Waals surface area contributed by atoms with Gasteiger partial charge in [-0.15, -0.1) is 0 Å². The fraction of sp³-hybridized carbons (Fsp3) is 0.227. The number of nitrogens with zero attached hydrogens (tertiary/aromatic N) is 2. The zero-order valence-corrected chi connectivity index (χ0v) is 16.3. The van der Waals surface area contributed by atoms with Crippen LogP contribution in [0.4, 0.5) is 0 Å². The summed E-state index contributed by atoms with van der Waals surface area (Å²) in [5, 5.41) is 10.1. The summed E-state index contributed by atoms with van der Waals surface area (Å²) in [6.07, 6.45) is 1.70. The summed E-state index contributed by atoms with van der Waals surface area (Å²) >= 11 is 0. The van der Waals surface area contributed by atoms with E-state index in [1.807, 2.05) is 75.4 Å². The Balaban J connectivity index is 1.93. The molecule has 2 amide bonds. The van der Waals surface area contributed by atoms with Gasteiger partial charge in [0.2, 0.25) is 5.91 Å². The first kappa shape index (κ1) is 19.4. The average molecular weight is 376 g/mol. The van der Waals surface area contributed by atoms with Crippen LogP contribution in [0, 0.1) is 6.92 Å². The minimum Gasteiger partial charge on any atom is -0.352 e. The van der Waals surface area contributed by atoms with Gasteiger partial charge >= 0.3 is 0 Å². The van der Waals surface area contributed by atoms with Gasteiger partial charge in [-0.2, -0.15) is 5.10 Å². The zero-order chi connectivity index (χ0) is 20.1. The van der Waals surface area contributed by atoms with E-state index in [4.69, 9.17) is 0 Å². The minimum absolute atomic E-state index is 0.0214. The molecule has 0 bridgehead atoms. The van der Waals surface area contributed by atoms with Crippen molar-refractivity contribution in [3.63, 3.8) is 0 Å². The van der Waals surface area contributed by atoms with E-state index in [0.29, 0.717) is 11.3 Å². The van der Waals surface area contributed by atoms with Crippen LogP contribution in [0.25, 0.3) is 16.9 Å². The number of para-hydroxylation sites is 1. The Labute approximate surface area is 164 Å². The lowest BCUT2D eigenvalue weighted by Gasteiger charge is -2.09. The normalized spacial score (nSPS) is 10.7. The van der Waals surface area contributed by atoms with E-state index in [9.17, 15) is 9.59 Å². The third-order valence-corrected chi connectivity index (χ3v) is 4.13. The smallest absolute Gasteiger partial charge is 0.255 e.